The van der Waals surface area contributed by atoms with Crippen LogP contribution in [0.25, 0.3) is 0 Å². The van der Waals surface area contributed by atoms with Crippen molar-refractivity contribution in [2.45, 2.75) is 44.3 Å². The highest BCUT2D eigenvalue weighted by Crippen LogP contribution is 2.48. The summed E-state index contributed by atoms with van der Waals surface area (Å²) in [6.07, 6.45) is 5.11. The van der Waals surface area contributed by atoms with Crippen molar-refractivity contribution < 1.29 is 4.18 Å². The Balaban J connectivity index is 1.86. The Morgan fingerprint density at radius 3 is 2.70 bits per heavy atom. The molecule has 1 aliphatic carbocycles. The fraction of sp³-hybridized carbons (Fsp3) is 1.00. The van der Waals surface area contributed by atoms with Crippen LogP contribution >= 0.6 is 12.0 Å². The summed E-state index contributed by atoms with van der Waals surface area (Å²) >= 11 is 1.68. The van der Waals surface area contributed by atoms with Gasteiger partial charge >= 0.3 is 0 Å². The molecular weight excluding hydrogens is 144 g/mol. The molecular formula is C8H16OS. The van der Waals surface area contributed by atoms with Gasteiger partial charge in [0, 0.05) is 4.75 Å². The molecule has 1 fully saturated rings. The van der Waals surface area contributed by atoms with Crippen LogP contribution in [0.5, 0.6) is 0 Å². The van der Waals surface area contributed by atoms with E-state index >= 15 is 0 Å². The molecule has 0 radical (unpaired) electrons. The van der Waals surface area contributed by atoms with Crippen molar-refractivity contribution in [3.63, 3.8) is 0 Å². The first kappa shape index (κ1) is 8.41. The number of hydrogen-bond acceptors (Lipinski definition) is 2. The summed E-state index contributed by atoms with van der Waals surface area (Å²) in [6.45, 7) is 5.38. The summed E-state index contributed by atoms with van der Waals surface area (Å²) in [5.74, 6) is 0. The van der Waals surface area contributed by atoms with Gasteiger partial charge in [-0.2, -0.15) is 0 Å². The van der Waals surface area contributed by atoms with E-state index in [-0.39, 0.29) is 0 Å². The SMILES string of the molecule is CCCCOSC1(C)CC1. The standard InChI is InChI=1S/C8H16OS/c1-3-4-7-9-10-8(2)5-6-8/h3-7H2,1-2H3. The van der Waals surface area contributed by atoms with Crippen molar-refractivity contribution in [3.05, 3.63) is 0 Å². The van der Waals surface area contributed by atoms with E-state index in [1.807, 2.05) is 0 Å². The van der Waals surface area contributed by atoms with Crippen LogP contribution in [0.1, 0.15) is 39.5 Å². The van der Waals surface area contributed by atoms with Gasteiger partial charge < -0.3 is 4.18 Å². The summed E-state index contributed by atoms with van der Waals surface area (Å²) in [5.41, 5.74) is 0. The summed E-state index contributed by atoms with van der Waals surface area (Å²) in [7, 11) is 0. The summed E-state index contributed by atoms with van der Waals surface area (Å²) in [6, 6.07) is 0. The van der Waals surface area contributed by atoms with Crippen molar-refractivity contribution in [2.75, 3.05) is 6.61 Å². The molecule has 0 amide bonds. The van der Waals surface area contributed by atoms with Gasteiger partial charge in [0.05, 0.1) is 6.61 Å². The second-order valence-corrected chi connectivity index (χ2v) is 4.60. The predicted octanol–water partition coefficient (Wildman–Crippen LogP) is 3.00. The third-order valence-corrected chi connectivity index (χ3v) is 2.89. The van der Waals surface area contributed by atoms with Gasteiger partial charge in [-0.1, -0.05) is 13.3 Å². The third-order valence-electron chi connectivity index (χ3n) is 1.80. The molecule has 60 valence electrons. The molecule has 1 saturated carbocycles. The maximum atomic E-state index is 5.42. The van der Waals surface area contributed by atoms with Gasteiger partial charge in [-0.3, -0.25) is 0 Å². The van der Waals surface area contributed by atoms with E-state index in [0.717, 1.165) is 6.61 Å². The Morgan fingerprint density at radius 1 is 1.50 bits per heavy atom. The normalized spacial score (nSPS) is 21.0. The molecule has 0 heterocycles. The van der Waals surface area contributed by atoms with Gasteiger partial charge in [-0.15, -0.1) is 0 Å². The van der Waals surface area contributed by atoms with E-state index < -0.39 is 0 Å². The van der Waals surface area contributed by atoms with E-state index in [1.165, 1.54) is 25.7 Å². The van der Waals surface area contributed by atoms with Crippen LogP contribution in [0.4, 0.5) is 0 Å². The summed E-state index contributed by atoms with van der Waals surface area (Å²) in [4.78, 5) is 0. The van der Waals surface area contributed by atoms with Crippen molar-refractivity contribution in [1.29, 1.82) is 0 Å². The summed E-state index contributed by atoms with van der Waals surface area (Å²) < 4.78 is 5.91. The molecule has 0 spiro atoms. The highest BCUT2D eigenvalue weighted by Gasteiger charge is 2.39. The van der Waals surface area contributed by atoms with Crippen LogP contribution in [0.15, 0.2) is 0 Å². The number of hydrogen-bond donors (Lipinski definition) is 0. The molecule has 0 aromatic heterocycles. The first-order valence-electron chi connectivity index (χ1n) is 4.07. The van der Waals surface area contributed by atoms with Crippen LogP contribution in [0, 0.1) is 0 Å². The average Bonchev–Trinajstić information content (AvgIpc) is 2.62. The molecule has 1 rings (SSSR count). The van der Waals surface area contributed by atoms with Gasteiger partial charge in [0.25, 0.3) is 0 Å². The monoisotopic (exact) mass is 160 g/mol. The van der Waals surface area contributed by atoms with E-state index in [4.69, 9.17) is 4.18 Å². The fourth-order valence-electron chi connectivity index (χ4n) is 0.647. The van der Waals surface area contributed by atoms with E-state index in [9.17, 15) is 0 Å². The number of unbranched alkanes of at least 4 members (excludes halogenated alkanes) is 1. The lowest BCUT2D eigenvalue weighted by Crippen LogP contribution is -1.96. The summed E-state index contributed by atoms with van der Waals surface area (Å²) in [5, 5.41) is 0. The maximum Gasteiger partial charge on any atom is 0.0614 e. The maximum absolute atomic E-state index is 5.42. The zero-order chi connectivity index (χ0) is 7.45. The number of rotatable bonds is 5. The third kappa shape index (κ3) is 2.93. The largest absolute Gasteiger partial charge is 0.315 e. The van der Waals surface area contributed by atoms with E-state index in [0.29, 0.717) is 4.75 Å². The molecule has 0 aromatic rings. The minimum atomic E-state index is 0.494. The minimum absolute atomic E-state index is 0.494. The van der Waals surface area contributed by atoms with Gasteiger partial charge in [0.15, 0.2) is 0 Å². The highest BCUT2D eigenvalue weighted by atomic mass is 32.2. The Hall–Kier alpha value is 0.310. The molecule has 0 aliphatic heterocycles. The van der Waals surface area contributed by atoms with Crippen LogP contribution in [-0.4, -0.2) is 11.4 Å². The van der Waals surface area contributed by atoms with Crippen molar-refractivity contribution in [2.24, 2.45) is 0 Å². The van der Waals surface area contributed by atoms with Crippen LogP contribution in [-0.2, 0) is 4.18 Å². The van der Waals surface area contributed by atoms with Crippen molar-refractivity contribution >= 4 is 12.0 Å². The highest BCUT2D eigenvalue weighted by molar-refractivity contribution is 7.96. The molecule has 1 aliphatic rings. The van der Waals surface area contributed by atoms with Crippen molar-refractivity contribution in [3.8, 4) is 0 Å². The molecule has 0 aromatic carbocycles. The quantitative estimate of drug-likeness (QED) is 0.451. The molecule has 0 saturated heterocycles. The van der Waals surface area contributed by atoms with Crippen LogP contribution in [0.2, 0.25) is 0 Å². The molecule has 1 nitrogen and oxygen atoms in total. The predicted molar refractivity (Wildman–Crippen MR) is 46.1 cm³/mol. The van der Waals surface area contributed by atoms with Gasteiger partial charge in [0.1, 0.15) is 0 Å². The smallest absolute Gasteiger partial charge is 0.0614 e. The van der Waals surface area contributed by atoms with E-state index in [1.54, 1.807) is 12.0 Å². The topological polar surface area (TPSA) is 9.23 Å². The Kier molecular flexibility index (Phi) is 3.05. The van der Waals surface area contributed by atoms with Gasteiger partial charge in [-0.25, -0.2) is 0 Å². The Bertz CT molecular complexity index is 99.4. The Morgan fingerprint density at radius 2 is 2.20 bits per heavy atom. The fourth-order valence-corrected chi connectivity index (χ4v) is 1.40. The Labute approximate surface area is 67.7 Å². The molecule has 0 bridgehead atoms. The molecule has 2 heteroatoms. The average molecular weight is 160 g/mol. The zero-order valence-corrected chi connectivity index (χ0v) is 7.67. The lowest BCUT2D eigenvalue weighted by Gasteiger charge is -2.05. The zero-order valence-electron chi connectivity index (χ0n) is 6.85. The molecule has 0 unspecified atom stereocenters. The van der Waals surface area contributed by atoms with Crippen LogP contribution in [0.3, 0.4) is 0 Å². The lowest BCUT2D eigenvalue weighted by atomic mass is 10.4. The van der Waals surface area contributed by atoms with Crippen molar-refractivity contribution in [1.82, 2.24) is 0 Å². The molecule has 0 atom stereocenters. The molecule has 10 heavy (non-hydrogen) atoms. The molecule has 0 N–H and O–H groups in total. The first-order chi connectivity index (χ1) is 4.77. The van der Waals surface area contributed by atoms with Gasteiger partial charge in [-0.05, 0) is 38.2 Å². The second-order valence-electron chi connectivity index (χ2n) is 3.21. The van der Waals surface area contributed by atoms with Crippen LogP contribution < -0.4 is 0 Å². The second kappa shape index (κ2) is 3.63. The lowest BCUT2D eigenvalue weighted by molar-refractivity contribution is 0.359. The first-order valence-corrected chi connectivity index (χ1v) is 4.82. The van der Waals surface area contributed by atoms with Gasteiger partial charge in [0.2, 0.25) is 0 Å². The van der Waals surface area contributed by atoms with E-state index in [2.05, 4.69) is 13.8 Å². The minimum Gasteiger partial charge on any atom is -0.315 e.